The van der Waals surface area contributed by atoms with E-state index >= 15 is 0 Å². The summed E-state index contributed by atoms with van der Waals surface area (Å²) in [4.78, 5) is 33.5. The number of oxazole rings is 1. The van der Waals surface area contributed by atoms with Crippen molar-refractivity contribution in [1.29, 1.82) is 0 Å². The molecule has 0 unspecified atom stereocenters. The Hall–Kier alpha value is -3.55. The third kappa shape index (κ3) is 5.33. The number of aryl methyl sites for hydroxylation is 2. The quantitative estimate of drug-likeness (QED) is 0.578. The largest absolute Gasteiger partial charge is 0.446 e. The number of amides is 2. The third-order valence-electron chi connectivity index (χ3n) is 4.79. The van der Waals surface area contributed by atoms with Gasteiger partial charge < -0.3 is 15.1 Å². The standard InChI is InChI=1S/C23H25FN4O3/c1-13(2)10-17(26-21(29)16-7-5-6-15(4)20(16)24)23-28-19(12-31-23)22(30)27-18-11-25-9-8-14(18)3/h5-9,11-13,17H,10H2,1-4H3,(H,26,29)(H,27,30)/t17-/m0/s1. The molecule has 31 heavy (non-hydrogen) atoms. The second kappa shape index (κ2) is 9.51. The summed E-state index contributed by atoms with van der Waals surface area (Å²) < 4.78 is 19.9. The smallest absolute Gasteiger partial charge is 0.277 e. The Balaban J connectivity index is 1.79. The van der Waals surface area contributed by atoms with E-state index in [4.69, 9.17) is 4.42 Å². The highest BCUT2D eigenvalue weighted by Gasteiger charge is 2.25. The zero-order valence-corrected chi connectivity index (χ0v) is 17.9. The maximum Gasteiger partial charge on any atom is 0.277 e. The van der Waals surface area contributed by atoms with Crippen LogP contribution < -0.4 is 10.6 Å². The predicted octanol–water partition coefficient (Wildman–Crippen LogP) is 4.60. The third-order valence-corrected chi connectivity index (χ3v) is 4.79. The van der Waals surface area contributed by atoms with Crippen molar-refractivity contribution in [2.24, 2.45) is 5.92 Å². The van der Waals surface area contributed by atoms with Crippen molar-refractivity contribution in [1.82, 2.24) is 15.3 Å². The van der Waals surface area contributed by atoms with Gasteiger partial charge in [0.05, 0.1) is 17.4 Å². The van der Waals surface area contributed by atoms with Crippen LogP contribution in [0.2, 0.25) is 0 Å². The van der Waals surface area contributed by atoms with Crippen molar-refractivity contribution in [3.8, 4) is 0 Å². The maximum atomic E-state index is 14.4. The van der Waals surface area contributed by atoms with Crippen LogP contribution in [0.15, 0.2) is 47.3 Å². The highest BCUT2D eigenvalue weighted by Crippen LogP contribution is 2.23. The SMILES string of the molecule is Cc1ccncc1NC(=O)c1coc([C@H](CC(C)C)NC(=O)c2cccc(C)c2F)n1. The molecule has 0 fully saturated rings. The molecule has 2 amide bonds. The minimum Gasteiger partial charge on any atom is -0.446 e. The van der Waals surface area contributed by atoms with Crippen LogP contribution in [0.4, 0.5) is 10.1 Å². The van der Waals surface area contributed by atoms with Crippen molar-refractivity contribution >= 4 is 17.5 Å². The molecule has 0 spiro atoms. The van der Waals surface area contributed by atoms with E-state index < -0.39 is 23.7 Å². The van der Waals surface area contributed by atoms with Gasteiger partial charge in [0.25, 0.3) is 11.8 Å². The summed E-state index contributed by atoms with van der Waals surface area (Å²) in [6, 6.07) is 5.81. The molecule has 0 bridgehead atoms. The monoisotopic (exact) mass is 424 g/mol. The molecular weight excluding hydrogens is 399 g/mol. The summed E-state index contributed by atoms with van der Waals surface area (Å²) >= 11 is 0. The number of carbonyl (C=O) groups is 2. The molecule has 0 saturated heterocycles. The van der Waals surface area contributed by atoms with Gasteiger partial charge in [0.2, 0.25) is 5.89 Å². The molecule has 0 radical (unpaired) electrons. The van der Waals surface area contributed by atoms with E-state index in [1.165, 1.54) is 12.3 Å². The zero-order chi connectivity index (χ0) is 22.5. The Kier molecular flexibility index (Phi) is 6.79. The van der Waals surface area contributed by atoms with Gasteiger partial charge in [-0.3, -0.25) is 14.6 Å². The summed E-state index contributed by atoms with van der Waals surface area (Å²) in [6.07, 6.45) is 4.92. The summed E-state index contributed by atoms with van der Waals surface area (Å²) in [5.41, 5.74) is 1.83. The molecule has 8 heteroatoms. The Bertz CT molecular complexity index is 1090. The molecule has 0 saturated carbocycles. The average Bonchev–Trinajstić information content (AvgIpc) is 3.21. The van der Waals surface area contributed by atoms with Crippen LogP contribution in [0.1, 0.15) is 64.2 Å². The van der Waals surface area contributed by atoms with Gasteiger partial charge in [-0.15, -0.1) is 0 Å². The average molecular weight is 424 g/mol. The van der Waals surface area contributed by atoms with Gasteiger partial charge in [0.1, 0.15) is 18.1 Å². The lowest BCUT2D eigenvalue weighted by Gasteiger charge is -2.18. The molecule has 0 aliphatic carbocycles. The number of rotatable bonds is 7. The van der Waals surface area contributed by atoms with Crippen LogP contribution in [0, 0.1) is 25.6 Å². The van der Waals surface area contributed by atoms with Crippen molar-refractivity contribution in [2.75, 3.05) is 5.32 Å². The number of hydrogen-bond acceptors (Lipinski definition) is 5. The summed E-state index contributed by atoms with van der Waals surface area (Å²) in [7, 11) is 0. The number of benzene rings is 1. The van der Waals surface area contributed by atoms with Crippen LogP contribution in [0.3, 0.4) is 0 Å². The molecule has 2 N–H and O–H groups in total. The number of pyridine rings is 1. The van der Waals surface area contributed by atoms with Crippen LogP contribution in [-0.2, 0) is 0 Å². The molecule has 162 valence electrons. The lowest BCUT2D eigenvalue weighted by Crippen LogP contribution is -2.30. The summed E-state index contributed by atoms with van der Waals surface area (Å²) in [5, 5.41) is 5.52. The van der Waals surface area contributed by atoms with Crippen LogP contribution in [0.5, 0.6) is 0 Å². The highest BCUT2D eigenvalue weighted by molar-refractivity contribution is 6.03. The minimum absolute atomic E-state index is 0.0506. The first-order chi connectivity index (χ1) is 14.8. The number of nitrogens with one attached hydrogen (secondary N) is 2. The van der Waals surface area contributed by atoms with Crippen molar-refractivity contribution < 1.29 is 18.4 Å². The Labute approximate surface area is 180 Å². The maximum absolute atomic E-state index is 14.4. The molecule has 1 aromatic carbocycles. The Morgan fingerprint density at radius 1 is 1.13 bits per heavy atom. The van der Waals surface area contributed by atoms with E-state index in [9.17, 15) is 14.0 Å². The van der Waals surface area contributed by atoms with E-state index in [2.05, 4.69) is 20.6 Å². The number of anilines is 1. The van der Waals surface area contributed by atoms with E-state index in [1.54, 1.807) is 37.5 Å². The zero-order valence-electron chi connectivity index (χ0n) is 17.9. The predicted molar refractivity (Wildman–Crippen MR) is 114 cm³/mol. The van der Waals surface area contributed by atoms with E-state index in [0.29, 0.717) is 17.7 Å². The molecule has 3 rings (SSSR count). The van der Waals surface area contributed by atoms with Gasteiger partial charge in [0, 0.05) is 6.20 Å². The van der Waals surface area contributed by atoms with Gasteiger partial charge in [-0.05, 0) is 49.4 Å². The Morgan fingerprint density at radius 3 is 2.61 bits per heavy atom. The molecule has 3 aromatic rings. The lowest BCUT2D eigenvalue weighted by atomic mass is 10.0. The van der Waals surface area contributed by atoms with Gasteiger partial charge in [-0.2, -0.15) is 0 Å². The highest BCUT2D eigenvalue weighted by atomic mass is 19.1. The topological polar surface area (TPSA) is 97.1 Å². The number of nitrogens with zero attached hydrogens (tertiary/aromatic N) is 2. The van der Waals surface area contributed by atoms with Gasteiger partial charge >= 0.3 is 0 Å². The van der Waals surface area contributed by atoms with Gasteiger partial charge in [-0.25, -0.2) is 9.37 Å². The fourth-order valence-corrected chi connectivity index (χ4v) is 3.08. The van der Waals surface area contributed by atoms with Crippen LogP contribution in [-0.4, -0.2) is 21.8 Å². The second-order valence-corrected chi connectivity index (χ2v) is 7.81. The van der Waals surface area contributed by atoms with Crippen LogP contribution in [0.25, 0.3) is 0 Å². The first-order valence-corrected chi connectivity index (χ1v) is 9.99. The van der Waals surface area contributed by atoms with Crippen molar-refractivity contribution in [3.05, 3.63) is 77.0 Å². The summed E-state index contributed by atoms with van der Waals surface area (Å²) in [5.74, 6) is -1.21. The number of carbonyl (C=O) groups excluding carboxylic acids is 2. The number of hydrogen-bond donors (Lipinski definition) is 2. The minimum atomic E-state index is -0.617. The molecular formula is C23H25FN4O3. The van der Waals surface area contributed by atoms with Crippen LogP contribution >= 0.6 is 0 Å². The fraction of sp³-hybridized carbons (Fsp3) is 0.304. The Morgan fingerprint density at radius 2 is 1.90 bits per heavy atom. The molecule has 0 aliphatic heterocycles. The number of halogens is 1. The van der Waals surface area contributed by atoms with Gasteiger partial charge in [-0.1, -0.05) is 26.0 Å². The first kappa shape index (κ1) is 22.1. The van der Waals surface area contributed by atoms with E-state index in [-0.39, 0.29) is 23.1 Å². The molecule has 0 aliphatic rings. The molecule has 2 aromatic heterocycles. The molecule has 1 atom stereocenters. The van der Waals surface area contributed by atoms with Gasteiger partial charge in [0.15, 0.2) is 5.69 Å². The second-order valence-electron chi connectivity index (χ2n) is 7.81. The van der Waals surface area contributed by atoms with Crippen molar-refractivity contribution in [2.45, 2.75) is 40.2 Å². The number of aromatic nitrogens is 2. The van der Waals surface area contributed by atoms with Crippen molar-refractivity contribution in [3.63, 3.8) is 0 Å². The fourth-order valence-electron chi connectivity index (χ4n) is 3.08. The normalized spacial score (nSPS) is 11.9. The van der Waals surface area contributed by atoms with E-state index in [0.717, 1.165) is 5.56 Å². The van der Waals surface area contributed by atoms with E-state index in [1.807, 2.05) is 20.8 Å². The lowest BCUT2D eigenvalue weighted by molar-refractivity contribution is 0.0919. The summed E-state index contributed by atoms with van der Waals surface area (Å²) in [6.45, 7) is 7.41. The molecule has 7 nitrogen and oxygen atoms in total. The first-order valence-electron chi connectivity index (χ1n) is 9.99. The molecule has 2 heterocycles.